The third kappa shape index (κ3) is 5.81. The molecule has 1 aromatic rings. The molecule has 6 nitrogen and oxygen atoms in total. The maximum atomic E-state index is 11.7. The van der Waals surface area contributed by atoms with E-state index in [2.05, 4.69) is 16.0 Å². The minimum atomic E-state index is -0.471. The Morgan fingerprint density at radius 3 is 2.13 bits per heavy atom. The molecule has 1 saturated carbocycles. The van der Waals surface area contributed by atoms with Crippen molar-refractivity contribution in [3.8, 4) is 0 Å². The lowest BCUT2D eigenvalue weighted by atomic mass is 9.86. The van der Waals surface area contributed by atoms with Crippen molar-refractivity contribution in [1.29, 1.82) is 0 Å². The monoisotopic (exact) mass is 319 g/mol. The maximum absolute atomic E-state index is 11.7. The Morgan fingerprint density at radius 1 is 1.04 bits per heavy atom. The summed E-state index contributed by atoms with van der Waals surface area (Å²) >= 11 is 0. The van der Waals surface area contributed by atoms with Crippen molar-refractivity contribution in [3.05, 3.63) is 24.3 Å². The van der Waals surface area contributed by atoms with Gasteiger partial charge in [-0.2, -0.15) is 0 Å². The zero-order valence-corrected chi connectivity index (χ0v) is 14.1. The Morgan fingerprint density at radius 2 is 1.61 bits per heavy atom. The molecule has 1 aromatic carbocycles. The van der Waals surface area contributed by atoms with Gasteiger partial charge in [0.05, 0.1) is 0 Å². The Labute approximate surface area is 137 Å². The third-order valence-electron chi connectivity index (χ3n) is 3.43. The summed E-state index contributed by atoms with van der Waals surface area (Å²) in [7, 11) is 0. The van der Waals surface area contributed by atoms with E-state index in [0.29, 0.717) is 6.04 Å². The summed E-state index contributed by atoms with van der Waals surface area (Å²) in [4.78, 5) is 22.6. The normalized spacial score (nSPS) is 20.2. The summed E-state index contributed by atoms with van der Waals surface area (Å²) in [6, 6.07) is 8.07. The molecule has 23 heavy (non-hydrogen) atoms. The lowest BCUT2D eigenvalue weighted by Gasteiger charge is -2.37. The average Bonchev–Trinajstić information content (AvgIpc) is 2.35. The molecule has 0 atom stereocenters. The first-order valence-corrected chi connectivity index (χ1v) is 7.85. The van der Waals surface area contributed by atoms with Crippen molar-refractivity contribution >= 4 is 23.4 Å². The molecule has 0 bridgehead atoms. The van der Waals surface area contributed by atoms with Crippen LogP contribution in [0.3, 0.4) is 0 Å². The summed E-state index contributed by atoms with van der Waals surface area (Å²) in [5, 5.41) is 9.01. The number of carbonyl (C=O) groups is 2. The molecule has 1 fully saturated rings. The maximum Gasteiger partial charge on any atom is 0.407 e. The van der Waals surface area contributed by atoms with E-state index in [1.165, 1.54) is 6.92 Å². The Bertz CT molecular complexity index is 557. The summed E-state index contributed by atoms with van der Waals surface area (Å²) in [5.41, 5.74) is 1.31. The number of amides is 2. The number of carbonyl (C=O) groups excluding carboxylic acids is 2. The molecule has 126 valence electrons. The van der Waals surface area contributed by atoms with Crippen LogP contribution in [-0.2, 0) is 9.53 Å². The second-order valence-corrected chi connectivity index (χ2v) is 6.91. The highest BCUT2D eigenvalue weighted by molar-refractivity contribution is 5.88. The molecule has 0 spiro atoms. The fraction of sp³-hybridized carbons (Fsp3) is 0.529. The highest BCUT2D eigenvalue weighted by Crippen LogP contribution is 2.25. The highest BCUT2D eigenvalue weighted by atomic mass is 16.6. The van der Waals surface area contributed by atoms with Gasteiger partial charge in [0.25, 0.3) is 0 Å². The second-order valence-electron chi connectivity index (χ2n) is 6.91. The largest absolute Gasteiger partial charge is 0.444 e. The van der Waals surface area contributed by atoms with E-state index >= 15 is 0 Å². The third-order valence-corrected chi connectivity index (χ3v) is 3.43. The number of hydrogen-bond donors (Lipinski definition) is 3. The first-order valence-electron chi connectivity index (χ1n) is 7.85. The molecule has 3 N–H and O–H groups in total. The smallest absolute Gasteiger partial charge is 0.407 e. The molecule has 2 amide bonds. The number of alkyl carbamates (subject to hydrolysis) is 1. The number of benzene rings is 1. The van der Waals surface area contributed by atoms with Gasteiger partial charge in [0.1, 0.15) is 5.60 Å². The molecular formula is C17H25N3O3. The van der Waals surface area contributed by atoms with Crippen LogP contribution in [0.4, 0.5) is 16.2 Å². The zero-order valence-electron chi connectivity index (χ0n) is 14.1. The van der Waals surface area contributed by atoms with Crippen LogP contribution < -0.4 is 16.0 Å². The van der Waals surface area contributed by atoms with Gasteiger partial charge in [-0.05, 0) is 57.9 Å². The highest BCUT2D eigenvalue weighted by Gasteiger charge is 2.31. The molecule has 1 aliphatic carbocycles. The molecule has 0 aliphatic heterocycles. The van der Waals surface area contributed by atoms with E-state index in [4.69, 9.17) is 4.74 Å². The summed E-state index contributed by atoms with van der Waals surface area (Å²) in [6.45, 7) is 7.03. The Kier molecular flexibility index (Phi) is 5.13. The van der Waals surface area contributed by atoms with E-state index in [1.54, 1.807) is 0 Å². The van der Waals surface area contributed by atoms with Crippen molar-refractivity contribution < 1.29 is 14.3 Å². The predicted molar refractivity (Wildman–Crippen MR) is 90.5 cm³/mol. The van der Waals surface area contributed by atoms with E-state index in [-0.39, 0.29) is 18.0 Å². The van der Waals surface area contributed by atoms with Gasteiger partial charge in [-0.3, -0.25) is 4.79 Å². The van der Waals surface area contributed by atoms with Crippen LogP contribution in [0.1, 0.15) is 40.5 Å². The molecular weight excluding hydrogens is 294 g/mol. The van der Waals surface area contributed by atoms with Crippen molar-refractivity contribution in [2.75, 3.05) is 10.6 Å². The SMILES string of the molecule is CC(=O)Nc1ccc(NC2CC(NC(=O)OC(C)(C)C)C2)cc1. The zero-order chi connectivity index (χ0) is 17.0. The fourth-order valence-corrected chi connectivity index (χ4v) is 2.42. The lowest BCUT2D eigenvalue weighted by Crippen LogP contribution is -2.50. The Balaban J connectivity index is 1.71. The molecule has 1 aliphatic rings. The summed E-state index contributed by atoms with van der Waals surface area (Å²) < 4.78 is 5.24. The molecule has 0 saturated heterocycles. The molecule has 0 radical (unpaired) electrons. The molecule has 0 heterocycles. The van der Waals surface area contributed by atoms with Crippen LogP contribution in [0, 0.1) is 0 Å². The van der Waals surface area contributed by atoms with Crippen molar-refractivity contribution in [2.24, 2.45) is 0 Å². The van der Waals surface area contributed by atoms with Gasteiger partial charge in [0.15, 0.2) is 0 Å². The first-order chi connectivity index (χ1) is 10.7. The predicted octanol–water partition coefficient (Wildman–Crippen LogP) is 3.11. The van der Waals surface area contributed by atoms with Gasteiger partial charge in [0, 0.05) is 30.4 Å². The Hall–Kier alpha value is -2.24. The fourth-order valence-electron chi connectivity index (χ4n) is 2.42. The number of anilines is 2. The molecule has 0 unspecified atom stereocenters. The van der Waals surface area contributed by atoms with Gasteiger partial charge in [0.2, 0.25) is 5.91 Å². The van der Waals surface area contributed by atoms with Gasteiger partial charge >= 0.3 is 6.09 Å². The van der Waals surface area contributed by atoms with Crippen LogP contribution >= 0.6 is 0 Å². The van der Waals surface area contributed by atoms with E-state index < -0.39 is 5.60 Å². The van der Waals surface area contributed by atoms with Crippen LogP contribution in [0.25, 0.3) is 0 Å². The summed E-state index contributed by atoms with van der Waals surface area (Å²) in [6.07, 6.45) is 1.37. The average molecular weight is 319 g/mol. The number of rotatable bonds is 4. The molecule has 0 aromatic heterocycles. The standard InChI is InChI=1S/C17H25N3O3/c1-11(21)18-12-5-7-13(8-6-12)19-14-9-15(10-14)20-16(22)23-17(2,3)4/h5-8,14-15,19H,9-10H2,1-4H3,(H,18,21)(H,20,22). The van der Waals surface area contributed by atoms with Gasteiger partial charge in [-0.15, -0.1) is 0 Å². The topological polar surface area (TPSA) is 79.5 Å². The number of nitrogens with one attached hydrogen (secondary N) is 3. The van der Waals surface area contributed by atoms with E-state index in [9.17, 15) is 9.59 Å². The second kappa shape index (κ2) is 6.89. The lowest BCUT2D eigenvalue weighted by molar-refractivity contribution is -0.114. The number of ether oxygens (including phenoxy) is 1. The van der Waals surface area contributed by atoms with E-state index in [1.807, 2.05) is 45.0 Å². The van der Waals surface area contributed by atoms with Crippen molar-refractivity contribution in [3.63, 3.8) is 0 Å². The first kappa shape index (κ1) is 17.1. The van der Waals surface area contributed by atoms with Crippen LogP contribution in [-0.4, -0.2) is 29.7 Å². The van der Waals surface area contributed by atoms with Crippen molar-refractivity contribution in [2.45, 2.75) is 58.2 Å². The quantitative estimate of drug-likeness (QED) is 0.796. The summed E-state index contributed by atoms with van der Waals surface area (Å²) in [5.74, 6) is -0.0826. The van der Waals surface area contributed by atoms with Crippen LogP contribution in [0.2, 0.25) is 0 Å². The van der Waals surface area contributed by atoms with Gasteiger partial charge in [-0.1, -0.05) is 0 Å². The van der Waals surface area contributed by atoms with Crippen molar-refractivity contribution in [1.82, 2.24) is 5.32 Å². The number of hydrogen-bond acceptors (Lipinski definition) is 4. The van der Waals surface area contributed by atoms with E-state index in [0.717, 1.165) is 24.2 Å². The minimum Gasteiger partial charge on any atom is -0.444 e. The molecule has 2 rings (SSSR count). The van der Waals surface area contributed by atoms with Crippen LogP contribution in [0.5, 0.6) is 0 Å². The van der Waals surface area contributed by atoms with Crippen LogP contribution in [0.15, 0.2) is 24.3 Å². The molecule has 6 heteroatoms. The minimum absolute atomic E-state index is 0.0826. The van der Waals surface area contributed by atoms with Gasteiger partial charge < -0.3 is 20.7 Å². The van der Waals surface area contributed by atoms with Gasteiger partial charge in [-0.25, -0.2) is 4.79 Å².